The van der Waals surface area contributed by atoms with E-state index < -0.39 is 17.9 Å². The molecule has 8 nitrogen and oxygen atoms in total. The summed E-state index contributed by atoms with van der Waals surface area (Å²) in [5, 5.41) is 2.93. The Morgan fingerprint density at radius 3 is 2.77 bits per heavy atom. The first-order valence-corrected chi connectivity index (χ1v) is 8.84. The zero-order valence-electron chi connectivity index (χ0n) is 14.6. The van der Waals surface area contributed by atoms with Crippen molar-refractivity contribution in [1.29, 1.82) is 0 Å². The molecule has 1 aromatic rings. The van der Waals surface area contributed by atoms with E-state index in [0.29, 0.717) is 17.1 Å². The van der Waals surface area contributed by atoms with Crippen LogP contribution >= 0.6 is 11.8 Å². The summed E-state index contributed by atoms with van der Waals surface area (Å²) in [6.07, 6.45) is 0. The Morgan fingerprint density at radius 1 is 1.31 bits per heavy atom. The number of thioether (sulfide) groups is 1. The van der Waals surface area contributed by atoms with Crippen LogP contribution in [-0.2, 0) is 14.3 Å². The number of hydrogen-bond acceptors (Lipinski definition) is 6. The molecule has 0 radical (unpaired) electrons. The van der Waals surface area contributed by atoms with Gasteiger partial charge < -0.3 is 14.8 Å². The van der Waals surface area contributed by atoms with Crippen LogP contribution in [0.2, 0.25) is 0 Å². The van der Waals surface area contributed by atoms with Crippen molar-refractivity contribution in [2.75, 3.05) is 24.8 Å². The Hall–Kier alpha value is -2.68. The van der Waals surface area contributed by atoms with Crippen molar-refractivity contribution >= 4 is 46.1 Å². The minimum Gasteiger partial charge on any atom is -0.497 e. The van der Waals surface area contributed by atoms with E-state index in [1.165, 1.54) is 7.11 Å². The van der Waals surface area contributed by atoms with Crippen molar-refractivity contribution in [3.8, 4) is 5.75 Å². The van der Waals surface area contributed by atoms with Gasteiger partial charge in [0.2, 0.25) is 5.91 Å². The zero-order valence-corrected chi connectivity index (χ0v) is 15.5. The fourth-order valence-electron chi connectivity index (χ4n) is 2.23. The minimum atomic E-state index is -0.859. The number of anilines is 1. The Labute approximate surface area is 155 Å². The second-order valence-electron chi connectivity index (χ2n) is 5.24. The van der Waals surface area contributed by atoms with Crippen molar-refractivity contribution in [3.05, 3.63) is 24.3 Å². The molecular formula is C17H19N3O5S. The molecule has 0 saturated heterocycles. The van der Waals surface area contributed by atoms with Crippen LogP contribution in [0.25, 0.3) is 0 Å². The summed E-state index contributed by atoms with van der Waals surface area (Å²) in [6, 6.07) is 6.23. The van der Waals surface area contributed by atoms with Crippen LogP contribution in [0.3, 0.4) is 0 Å². The van der Waals surface area contributed by atoms with Crippen LogP contribution in [0.15, 0.2) is 34.3 Å². The quantitative estimate of drug-likeness (QED) is 0.764. The van der Waals surface area contributed by atoms with Crippen LogP contribution in [0.1, 0.15) is 13.8 Å². The second kappa shape index (κ2) is 9.14. The van der Waals surface area contributed by atoms with Crippen LogP contribution in [-0.4, -0.2) is 48.1 Å². The van der Waals surface area contributed by atoms with Crippen molar-refractivity contribution in [2.24, 2.45) is 15.9 Å². The predicted octanol–water partition coefficient (Wildman–Crippen LogP) is 2.54. The summed E-state index contributed by atoms with van der Waals surface area (Å²) < 4.78 is 10.1. The van der Waals surface area contributed by atoms with Gasteiger partial charge in [0.1, 0.15) is 11.7 Å². The van der Waals surface area contributed by atoms with Gasteiger partial charge in [0, 0.05) is 17.5 Å². The van der Waals surface area contributed by atoms with Crippen LogP contribution in [0.4, 0.5) is 10.5 Å². The normalized spacial score (nSPS) is 16.4. The Balaban J connectivity index is 2.02. The van der Waals surface area contributed by atoms with Gasteiger partial charge in [-0.1, -0.05) is 17.8 Å². The number of methoxy groups -OCH3 is 1. The van der Waals surface area contributed by atoms with Gasteiger partial charge in [-0.25, -0.2) is 4.79 Å². The summed E-state index contributed by atoms with van der Waals surface area (Å²) in [7, 11) is 1.54. The van der Waals surface area contributed by atoms with Crippen molar-refractivity contribution < 1.29 is 23.9 Å². The van der Waals surface area contributed by atoms with Gasteiger partial charge >= 0.3 is 12.0 Å². The number of carbonyl (C=O) groups is 3. The van der Waals surface area contributed by atoms with E-state index in [9.17, 15) is 14.4 Å². The predicted molar refractivity (Wildman–Crippen MR) is 100 cm³/mol. The number of hydrogen-bond donors (Lipinski definition) is 1. The van der Waals surface area contributed by atoms with Crippen LogP contribution in [0.5, 0.6) is 5.75 Å². The van der Waals surface area contributed by atoms with Crippen molar-refractivity contribution in [3.63, 3.8) is 0 Å². The van der Waals surface area contributed by atoms with Crippen molar-refractivity contribution in [2.45, 2.75) is 13.8 Å². The molecule has 1 unspecified atom stereocenters. The highest BCUT2D eigenvalue weighted by molar-refractivity contribution is 8.14. The van der Waals surface area contributed by atoms with E-state index in [4.69, 9.17) is 9.47 Å². The number of carbonyl (C=O) groups excluding carboxylic acids is 3. The third-order valence-corrected chi connectivity index (χ3v) is 4.40. The first-order valence-electron chi connectivity index (χ1n) is 7.85. The lowest BCUT2D eigenvalue weighted by atomic mass is 10.1. The van der Waals surface area contributed by atoms with Gasteiger partial charge in [0.25, 0.3) is 0 Å². The maximum Gasteiger partial charge on any atom is 0.367 e. The average molecular weight is 377 g/mol. The van der Waals surface area contributed by atoms with Gasteiger partial charge in [0.05, 0.1) is 24.5 Å². The zero-order chi connectivity index (χ0) is 19.1. The van der Waals surface area contributed by atoms with E-state index in [1.54, 1.807) is 38.1 Å². The topological polar surface area (TPSA) is 106 Å². The summed E-state index contributed by atoms with van der Waals surface area (Å²) in [5.74, 6) is -1.11. The summed E-state index contributed by atoms with van der Waals surface area (Å²) in [4.78, 5) is 43.3. The SMILES string of the molecule is CCOC(=O)C1C(C)=NC(=O)N=C1SCC(=O)Nc1cccc(OC)c1. The highest BCUT2D eigenvalue weighted by Gasteiger charge is 2.33. The molecule has 1 heterocycles. The molecule has 1 atom stereocenters. The lowest BCUT2D eigenvalue weighted by Crippen LogP contribution is -2.34. The van der Waals surface area contributed by atoms with Gasteiger partial charge in [0.15, 0.2) is 0 Å². The van der Waals surface area contributed by atoms with Gasteiger partial charge in [-0.2, -0.15) is 9.98 Å². The number of benzene rings is 1. The molecule has 3 amide bonds. The number of amides is 3. The molecule has 26 heavy (non-hydrogen) atoms. The number of urea groups is 1. The monoisotopic (exact) mass is 377 g/mol. The lowest BCUT2D eigenvalue weighted by Gasteiger charge is -2.19. The summed E-state index contributed by atoms with van der Waals surface area (Å²) in [5.41, 5.74) is 0.885. The molecule has 2 rings (SSSR count). The highest BCUT2D eigenvalue weighted by atomic mass is 32.2. The number of ether oxygens (including phenoxy) is 2. The number of aliphatic imine (C=N–C) groups is 2. The van der Waals surface area contributed by atoms with E-state index >= 15 is 0 Å². The number of nitrogens with one attached hydrogen (secondary N) is 1. The lowest BCUT2D eigenvalue weighted by molar-refractivity contribution is -0.143. The van der Waals surface area contributed by atoms with E-state index in [0.717, 1.165) is 11.8 Å². The smallest absolute Gasteiger partial charge is 0.367 e. The summed E-state index contributed by atoms with van der Waals surface area (Å²) in [6.45, 7) is 3.44. The molecule has 0 aromatic heterocycles. The van der Waals surface area contributed by atoms with Gasteiger partial charge in [-0.15, -0.1) is 0 Å². The second-order valence-corrected chi connectivity index (χ2v) is 6.24. The molecule has 138 valence electrons. The van der Waals surface area contributed by atoms with Gasteiger partial charge in [-0.05, 0) is 26.0 Å². The fourth-order valence-corrected chi connectivity index (χ4v) is 3.16. The molecule has 1 N–H and O–H groups in total. The molecule has 0 fully saturated rings. The third kappa shape index (κ3) is 5.16. The molecule has 1 aliphatic rings. The Bertz CT molecular complexity index is 775. The Kier molecular flexibility index (Phi) is 6.90. The molecule has 0 spiro atoms. The van der Waals surface area contributed by atoms with E-state index in [2.05, 4.69) is 15.3 Å². The van der Waals surface area contributed by atoms with E-state index in [1.807, 2.05) is 0 Å². The third-order valence-electron chi connectivity index (χ3n) is 3.37. The van der Waals surface area contributed by atoms with Crippen molar-refractivity contribution in [1.82, 2.24) is 0 Å². The number of esters is 1. The molecule has 9 heteroatoms. The Morgan fingerprint density at radius 2 is 2.08 bits per heavy atom. The van der Waals surface area contributed by atoms with Gasteiger partial charge in [-0.3, -0.25) is 9.59 Å². The minimum absolute atomic E-state index is 0.0213. The van der Waals surface area contributed by atoms with Crippen LogP contribution < -0.4 is 10.1 Å². The summed E-state index contributed by atoms with van der Waals surface area (Å²) >= 11 is 1.01. The molecule has 1 aromatic carbocycles. The molecule has 0 bridgehead atoms. The molecule has 0 aliphatic carbocycles. The number of rotatable bonds is 6. The van der Waals surface area contributed by atoms with Crippen LogP contribution in [0, 0.1) is 5.92 Å². The average Bonchev–Trinajstić information content (AvgIpc) is 2.59. The number of nitrogens with zero attached hydrogens (tertiary/aromatic N) is 2. The molecule has 0 saturated carbocycles. The largest absolute Gasteiger partial charge is 0.497 e. The fraction of sp³-hybridized carbons (Fsp3) is 0.353. The standard InChI is InChI=1S/C17H19N3O5S/c1-4-25-16(22)14-10(2)18-17(23)20-15(14)26-9-13(21)19-11-6-5-7-12(8-11)24-3/h5-8,14H,4,9H2,1-3H3,(H,19,21). The highest BCUT2D eigenvalue weighted by Crippen LogP contribution is 2.22. The maximum absolute atomic E-state index is 12.2. The van der Waals surface area contributed by atoms with E-state index in [-0.39, 0.29) is 23.3 Å². The maximum atomic E-state index is 12.2. The first kappa shape index (κ1) is 19.6. The molecule has 1 aliphatic heterocycles. The first-order chi connectivity index (χ1) is 12.4. The molecular weight excluding hydrogens is 358 g/mol.